The third kappa shape index (κ3) is 4.70. The summed E-state index contributed by atoms with van der Waals surface area (Å²) in [7, 11) is 1.74. The third-order valence-corrected chi connectivity index (χ3v) is 4.96. The fraction of sp³-hybridized carbons (Fsp3) is 0.125. The number of anilines is 2. The van der Waals surface area contributed by atoms with Gasteiger partial charge < -0.3 is 29.3 Å². The van der Waals surface area contributed by atoms with E-state index in [2.05, 4.69) is 15.7 Å². The number of hydrogen-bond donors (Lipinski definition) is 2. The van der Waals surface area contributed by atoms with E-state index in [9.17, 15) is 9.59 Å². The van der Waals surface area contributed by atoms with E-state index >= 15 is 0 Å². The minimum absolute atomic E-state index is 0.150. The number of rotatable bonds is 7. The zero-order valence-corrected chi connectivity index (χ0v) is 18.1. The molecule has 0 fully saturated rings. The van der Waals surface area contributed by atoms with Crippen molar-refractivity contribution in [2.75, 3.05) is 17.4 Å². The Morgan fingerprint density at radius 2 is 1.68 bits per heavy atom. The lowest BCUT2D eigenvalue weighted by Crippen LogP contribution is -2.13. The van der Waals surface area contributed by atoms with Gasteiger partial charge in [0.25, 0.3) is 11.8 Å². The van der Waals surface area contributed by atoms with Crippen molar-refractivity contribution in [2.45, 2.75) is 6.61 Å². The van der Waals surface area contributed by atoms with Crippen LogP contribution in [0.5, 0.6) is 17.2 Å². The molecule has 0 bridgehead atoms. The molecular formula is C24H20N4O6. The highest BCUT2D eigenvalue weighted by Crippen LogP contribution is 2.35. The van der Waals surface area contributed by atoms with E-state index in [1.165, 1.54) is 0 Å². The molecule has 5 rings (SSSR count). The number of benzene rings is 2. The van der Waals surface area contributed by atoms with E-state index in [0.717, 1.165) is 0 Å². The number of furan rings is 1. The van der Waals surface area contributed by atoms with E-state index in [1.807, 2.05) is 0 Å². The van der Waals surface area contributed by atoms with Crippen molar-refractivity contribution in [3.63, 3.8) is 0 Å². The number of hydrogen-bond acceptors (Lipinski definition) is 7. The minimum atomic E-state index is -0.403. The maximum absolute atomic E-state index is 12.5. The molecule has 1 aliphatic heterocycles. The molecule has 3 heterocycles. The SMILES string of the molecule is Cn1ccc(C(=O)Nc2ccc(NC(=O)c3ccc(COc4ccc5c(c4)OCO5)o3)cc2)n1. The molecule has 2 aromatic carbocycles. The summed E-state index contributed by atoms with van der Waals surface area (Å²) in [6.07, 6.45) is 1.69. The Hall–Kier alpha value is -4.73. The third-order valence-electron chi connectivity index (χ3n) is 4.96. The Kier molecular flexibility index (Phi) is 5.61. The zero-order chi connectivity index (χ0) is 23.5. The second kappa shape index (κ2) is 9.02. The first-order chi connectivity index (χ1) is 16.5. The van der Waals surface area contributed by atoms with Crippen LogP contribution in [0.2, 0.25) is 0 Å². The standard InChI is InChI=1S/C24H20N4O6/c1-28-11-10-19(27-28)23(29)25-15-2-4-16(5-3-15)26-24(30)21-9-7-18(34-21)13-31-17-6-8-20-22(12-17)33-14-32-20/h2-12H,13-14H2,1H3,(H,25,29)(H,26,30). The van der Waals surface area contributed by atoms with Crippen LogP contribution in [-0.2, 0) is 13.7 Å². The van der Waals surface area contributed by atoms with E-state index in [4.69, 9.17) is 18.6 Å². The second-order valence-electron chi connectivity index (χ2n) is 7.43. The van der Waals surface area contributed by atoms with E-state index in [1.54, 1.807) is 78.6 Å². The van der Waals surface area contributed by atoms with Gasteiger partial charge in [0.15, 0.2) is 23.0 Å². The maximum atomic E-state index is 12.5. The summed E-state index contributed by atoms with van der Waals surface area (Å²) in [5.74, 6) is 1.82. The van der Waals surface area contributed by atoms with Gasteiger partial charge in [0.2, 0.25) is 6.79 Å². The number of nitrogens with zero attached hydrogens (tertiary/aromatic N) is 2. The summed E-state index contributed by atoms with van der Waals surface area (Å²) in [6, 6.07) is 16.9. The van der Waals surface area contributed by atoms with Gasteiger partial charge in [-0.1, -0.05) is 0 Å². The van der Waals surface area contributed by atoms with Crippen LogP contribution in [0.4, 0.5) is 11.4 Å². The van der Waals surface area contributed by atoms with Crippen LogP contribution in [0.3, 0.4) is 0 Å². The van der Waals surface area contributed by atoms with Gasteiger partial charge >= 0.3 is 0 Å². The molecule has 0 saturated heterocycles. The summed E-state index contributed by atoms with van der Waals surface area (Å²) >= 11 is 0. The van der Waals surface area contributed by atoms with Crippen molar-refractivity contribution in [3.8, 4) is 17.2 Å². The van der Waals surface area contributed by atoms with Gasteiger partial charge in [-0.25, -0.2) is 0 Å². The lowest BCUT2D eigenvalue weighted by atomic mass is 10.2. The van der Waals surface area contributed by atoms with Crippen LogP contribution in [0, 0.1) is 0 Å². The minimum Gasteiger partial charge on any atom is -0.486 e. The highest BCUT2D eigenvalue weighted by Gasteiger charge is 2.15. The van der Waals surface area contributed by atoms with Gasteiger partial charge in [-0.3, -0.25) is 14.3 Å². The first kappa shape index (κ1) is 21.1. The number of aromatic nitrogens is 2. The Morgan fingerprint density at radius 3 is 2.41 bits per heavy atom. The number of carbonyl (C=O) groups is 2. The van der Waals surface area contributed by atoms with Crippen LogP contribution >= 0.6 is 0 Å². The molecule has 0 radical (unpaired) electrons. The maximum Gasteiger partial charge on any atom is 0.291 e. The Balaban J connectivity index is 1.14. The largest absolute Gasteiger partial charge is 0.486 e. The predicted octanol–water partition coefficient (Wildman–Crippen LogP) is 3.83. The number of nitrogens with one attached hydrogen (secondary N) is 2. The van der Waals surface area contributed by atoms with Gasteiger partial charge in [0.1, 0.15) is 18.1 Å². The monoisotopic (exact) mass is 460 g/mol. The number of amides is 2. The molecule has 0 saturated carbocycles. The summed E-state index contributed by atoms with van der Waals surface area (Å²) in [5, 5.41) is 9.57. The smallest absolute Gasteiger partial charge is 0.291 e. The summed E-state index contributed by atoms with van der Waals surface area (Å²) in [4.78, 5) is 24.7. The summed E-state index contributed by atoms with van der Waals surface area (Å²) in [6.45, 7) is 0.343. The molecule has 10 nitrogen and oxygen atoms in total. The van der Waals surface area contributed by atoms with Crippen molar-refractivity contribution in [2.24, 2.45) is 7.05 Å². The molecule has 0 atom stereocenters. The molecule has 1 aliphatic rings. The fourth-order valence-electron chi connectivity index (χ4n) is 3.26. The molecule has 172 valence electrons. The molecule has 2 aromatic heterocycles. The topological polar surface area (TPSA) is 117 Å². The Labute approximate surface area is 194 Å². The lowest BCUT2D eigenvalue weighted by molar-refractivity contribution is 0.0990. The van der Waals surface area contributed by atoms with Gasteiger partial charge in [0, 0.05) is 30.7 Å². The van der Waals surface area contributed by atoms with Crippen molar-refractivity contribution >= 4 is 23.2 Å². The average molecular weight is 460 g/mol. The van der Waals surface area contributed by atoms with Crippen molar-refractivity contribution in [1.29, 1.82) is 0 Å². The van der Waals surface area contributed by atoms with Crippen LogP contribution in [-0.4, -0.2) is 28.4 Å². The number of fused-ring (bicyclic) bond motifs is 1. The molecule has 0 spiro atoms. The molecule has 2 amide bonds. The number of aryl methyl sites for hydroxylation is 1. The van der Waals surface area contributed by atoms with Crippen molar-refractivity contribution < 1.29 is 28.2 Å². The first-order valence-electron chi connectivity index (χ1n) is 10.4. The number of carbonyl (C=O) groups excluding carboxylic acids is 2. The molecule has 10 heteroatoms. The number of ether oxygens (including phenoxy) is 3. The molecule has 34 heavy (non-hydrogen) atoms. The summed E-state index contributed by atoms with van der Waals surface area (Å²) in [5.41, 5.74) is 1.45. The Morgan fingerprint density at radius 1 is 0.941 bits per heavy atom. The molecule has 0 unspecified atom stereocenters. The summed E-state index contributed by atoms with van der Waals surface area (Å²) < 4.78 is 23.5. The first-order valence-corrected chi connectivity index (χ1v) is 10.4. The van der Waals surface area contributed by atoms with Gasteiger partial charge in [-0.05, 0) is 54.6 Å². The normalized spacial score (nSPS) is 11.8. The van der Waals surface area contributed by atoms with E-state index < -0.39 is 5.91 Å². The van der Waals surface area contributed by atoms with Gasteiger partial charge in [-0.2, -0.15) is 5.10 Å². The van der Waals surface area contributed by atoms with Crippen molar-refractivity contribution in [3.05, 3.63) is 84.1 Å². The quantitative estimate of drug-likeness (QED) is 0.431. The molecular weight excluding hydrogens is 440 g/mol. The highest BCUT2D eigenvalue weighted by atomic mass is 16.7. The van der Waals surface area contributed by atoms with Crippen LogP contribution in [0.25, 0.3) is 0 Å². The second-order valence-corrected chi connectivity index (χ2v) is 7.43. The molecule has 0 aliphatic carbocycles. The van der Waals surface area contributed by atoms with Gasteiger partial charge in [-0.15, -0.1) is 0 Å². The highest BCUT2D eigenvalue weighted by molar-refractivity contribution is 6.04. The molecule has 2 N–H and O–H groups in total. The van der Waals surface area contributed by atoms with E-state index in [-0.39, 0.29) is 25.1 Å². The Bertz CT molecular complexity index is 1340. The lowest BCUT2D eigenvalue weighted by Gasteiger charge is -2.07. The zero-order valence-electron chi connectivity index (χ0n) is 18.1. The average Bonchev–Trinajstić information content (AvgIpc) is 3.59. The fourth-order valence-corrected chi connectivity index (χ4v) is 3.26. The van der Waals surface area contributed by atoms with Crippen LogP contribution < -0.4 is 24.8 Å². The van der Waals surface area contributed by atoms with Crippen molar-refractivity contribution in [1.82, 2.24) is 9.78 Å². The van der Waals surface area contributed by atoms with E-state index in [0.29, 0.717) is 40.1 Å². The van der Waals surface area contributed by atoms with Crippen LogP contribution in [0.15, 0.2) is 71.3 Å². The van der Waals surface area contributed by atoms with Crippen LogP contribution in [0.1, 0.15) is 26.8 Å². The predicted molar refractivity (Wildman–Crippen MR) is 121 cm³/mol. The molecule has 4 aromatic rings. The van der Waals surface area contributed by atoms with Gasteiger partial charge in [0.05, 0.1) is 0 Å².